The molecule has 122 valence electrons. The first-order valence-corrected chi connectivity index (χ1v) is 9.50. The summed E-state index contributed by atoms with van der Waals surface area (Å²) in [5.74, 6) is -0.0984. The number of aryl methyl sites for hydroxylation is 1. The predicted molar refractivity (Wildman–Crippen MR) is 86.9 cm³/mol. The zero-order valence-electron chi connectivity index (χ0n) is 13.3. The first-order chi connectivity index (χ1) is 10.4. The van der Waals surface area contributed by atoms with Crippen LogP contribution < -0.4 is 0 Å². The zero-order valence-corrected chi connectivity index (χ0v) is 14.1. The molecule has 0 aliphatic carbocycles. The predicted octanol–water partition coefficient (Wildman–Crippen LogP) is 1.77. The molecule has 1 aromatic carbocycles. The van der Waals surface area contributed by atoms with Gasteiger partial charge in [0.05, 0.1) is 12.8 Å². The molecule has 0 radical (unpaired) electrons. The van der Waals surface area contributed by atoms with Crippen LogP contribution in [0.25, 0.3) is 0 Å². The van der Waals surface area contributed by atoms with Crippen LogP contribution in [0.15, 0.2) is 24.3 Å². The van der Waals surface area contributed by atoms with Crippen LogP contribution in [0.3, 0.4) is 0 Å². The number of sulfonamides is 1. The average Bonchev–Trinajstić information content (AvgIpc) is 2.48. The Kier molecular flexibility index (Phi) is 5.58. The molecule has 6 heteroatoms. The third-order valence-corrected chi connectivity index (χ3v) is 5.29. The topological polar surface area (TPSA) is 57.7 Å². The smallest absolute Gasteiger partial charge is 0.237 e. The maximum atomic E-state index is 12.4. The van der Waals surface area contributed by atoms with Gasteiger partial charge in [0, 0.05) is 19.6 Å². The molecule has 0 aromatic heterocycles. The molecular formula is C16H24N2O3S. The van der Waals surface area contributed by atoms with Crippen LogP contribution in [-0.4, -0.2) is 49.4 Å². The SMILES string of the molecule is Cc1ccccc1CN(CC(=O)N1CCCCC1)S(C)(=O)=O. The van der Waals surface area contributed by atoms with Gasteiger partial charge in [-0.25, -0.2) is 8.42 Å². The summed E-state index contributed by atoms with van der Waals surface area (Å²) < 4.78 is 25.3. The molecule has 1 aliphatic rings. The summed E-state index contributed by atoms with van der Waals surface area (Å²) in [6.07, 6.45) is 4.31. The highest BCUT2D eigenvalue weighted by molar-refractivity contribution is 7.88. The lowest BCUT2D eigenvalue weighted by Crippen LogP contribution is -2.44. The Morgan fingerprint density at radius 3 is 2.41 bits per heavy atom. The molecule has 0 spiro atoms. The van der Waals surface area contributed by atoms with Crippen LogP contribution in [0.5, 0.6) is 0 Å². The van der Waals surface area contributed by atoms with Gasteiger partial charge in [-0.2, -0.15) is 4.31 Å². The lowest BCUT2D eigenvalue weighted by atomic mass is 10.1. The number of carbonyl (C=O) groups excluding carboxylic acids is 1. The summed E-state index contributed by atoms with van der Waals surface area (Å²) in [7, 11) is -3.43. The standard InChI is InChI=1S/C16H24N2O3S/c1-14-8-4-5-9-15(14)12-18(22(2,20)21)13-16(19)17-10-6-3-7-11-17/h4-5,8-9H,3,6-7,10-13H2,1-2H3. The van der Waals surface area contributed by atoms with Gasteiger partial charge in [-0.05, 0) is 37.3 Å². The van der Waals surface area contributed by atoms with Crippen molar-refractivity contribution in [3.8, 4) is 0 Å². The van der Waals surface area contributed by atoms with Crippen molar-refractivity contribution in [1.29, 1.82) is 0 Å². The van der Waals surface area contributed by atoms with E-state index in [9.17, 15) is 13.2 Å². The van der Waals surface area contributed by atoms with Gasteiger partial charge in [-0.15, -0.1) is 0 Å². The third kappa shape index (κ3) is 4.55. The number of benzene rings is 1. The van der Waals surface area contributed by atoms with E-state index < -0.39 is 10.0 Å². The summed E-state index contributed by atoms with van der Waals surface area (Å²) in [6, 6.07) is 7.65. The van der Waals surface area contributed by atoms with Gasteiger partial charge < -0.3 is 4.90 Å². The monoisotopic (exact) mass is 324 g/mol. The second-order valence-electron chi connectivity index (χ2n) is 5.90. The number of piperidine rings is 1. The van der Waals surface area contributed by atoms with Crippen LogP contribution in [0, 0.1) is 6.92 Å². The highest BCUT2D eigenvalue weighted by Gasteiger charge is 2.24. The van der Waals surface area contributed by atoms with E-state index in [1.807, 2.05) is 31.2 Å². The minimum absolute atomic E-state index is 0.0762. The number of nitrogens with zero attached hydrogens (tertiary/aromatic N) is 2. The third-order valence-electron chi connectivity index (χ3n) is 4.10. The first kappa shape index (κ1) is 17.0. The lowest BCUT2D eigenvalue weighted by molar-refractivity contribution is -0.132. The number of carbonyl (C=O) groups is 1. The van der Waals surface area contributed by atoms with E-state index in [4.69, 9.17) is 0 Å². The first-order valence-electron chi connectivity index (χ1n) is 7.65. The van der Waals surface area contributed by atoms with Gasteiger partial charge in [0.2, 0.25) is 15.9 Å². The van der Waals surface area contributed by atoms with Gasteiger partial charge in [0.25, 0.3) is 0 Å². The Morgan fingerprint density at radius 1 is 1.18 bits per heavy atom. The Bertz CT molecular complexity index is 622. The molecule has 1 saturated heterocycles. The molecule has 0 bridgehead atoms. The molecule has 0 saturated carbocycles. The van der Waals surface area contributed by atoms with E-state index in [0.29, 0.717) is 0 Å². The van der Waals surface area contributed by atoms with Crippen molar-refractivity contribution in [2.45, 2.75) is 32.7 Å². The van der Waals surface area contributed by atoms with E-state index >= 15 is 0 Å². The Balaban J connectivity index is 2.10. The van der Waals surface area contributed by atoms with E-state index in [0.717, 1.165) is 49.7 Å². The summed E-state index contributed by atoms with van der Waals surface area (Å²) >= 11 is 0. The fourth-order valence-corrected chi connectivity index (χ4v) is 3.38. The lowest BCUT2D eigenvalue weighted by Gasteiger charge is -2.29. The maximum absolute atomic E-state index is 12.4. The fourth-order valence-electron chi connectivity index (χ4n) is 2.66. The Hall–Kier alpha value is -1.40. The number of hydrogen-bond donors (Lipinski definition) is 0. The van der Waals surface area contributed by atoms with E-state index in [1.165, 1.54) is 4.31 Å². The van der Waals surface area contributed by atoms with Crippen LogP contribution in [0.1, 0.15) is 30.4 Å². The normalized spacial score (nSPS) is 16.0. The summed E-state index contributed by atoms with van der Waals surface area (Å²) in [5, 5.41) is 0. The summed E-state index contributed by atoms with van der Waals surface area (Å²) in [5.41, 5.74) is 1.96. The van der Waals surface area contributed by atoms with Gasteiger partial charge in [-0.3, -0.25) is 4.79 Å². The van der Waals surface area contributed by atoms with Gasteiger partial charge >= 0.3 is 0 Å². The second kappa shape index (κ2) is 7.24. The van der Waals surface area contributed by atoms with Crippen LogP contribution in [-0.2, 0) is 21.4 Å². The molecule has 0 unspecified atom stereocenters. The van der Waals surface area contributed by atoms with Gasteiger partial charge in [0.1, 0.15) is 0 Å². The fraction of sp³-hybridized carbons (Fsp3) is 0.562. The average molecular weight is 324 g/mol. The van der Waals surface area contributed by atoms with Gasteiger partial charge in [0.15, 0.2) is 0 Å². The quantitative estimate of drug-likeness (QED) is 0.829. The minimum Gasteiger partial charge on any atom is -0.342 e. The van der Waals surface area contributed by atoms with Crippen molar-refractivity contribution in [2.24, 2.45) is 0 Å². The molecule has 0 atom stereocenters. The van der Waals surface area contributed by atoms with Crippen molar-refractivity contribution in [1.82, 2.24) is 9.21 Å². The van der Waals surface area contributed by atoms with Crippen LogP contribution >= 0.6 is 0 Å². The number of likely N-dealkylation sites (tertiary alicyclic amines) is 1. The maximum Gasteiger partial charge on any atom is 0.237 e. The molecule has 1 heterocycles. The molecule has 1 aliphatic heterocycles. The number of amides is 1. The zero-order chi connectivity index (χ0) is 16.2. The van der Waals surface area contributed by atoms with Crippen molar-refractivity contribution in [3.63, 3.8) is 0 Å². The highest BCUT2D eigenvalue weighted by Crippen LogP contribution is 2.14. The van der Waals surface area contributed by atoms with Crippen LogP contribution in [0.2, 0.25) is 0 Å². The number of rotatable bonds is 5. The van der Waals surface area contributed by atoms with E-state index in [-0.39, 0.29) is 19.0 Å². The van der Waals surface area contributed by atoms with E-state index in [2.05, 4.69) is 0 Å². The minimum atomic E-state index is -3.43. The molecule has 22 heavy (non-hydrogen) atoms. The largest absolute Gasteiger partial charge is 0.342 e. The van der Waals surface area contributed by atoms with Crippen molar-refractivity contribution >= 4 is 15.9 Å². The van der Waals surface area contributed by atoms with Crippen molar-refractivity contribution in [2.75, 3.05) is 25.9 Å². The second-order valence-corrected chi connectivity index (χ2v) is 7.88. The van der Waals surface area contributed by atoms with Crippen LogP contribution in [0.4, 0.5) is 0 Å². The van der Waals surface area contributed by atoms with Crippen molar-refractivity contribution < 1.29 is 13.2 Å². The van der Waals surface area contributed by atoms with Gasteiger partial charge in [-0.1, -0.05) is 24.3 Å². The molecule has 1 amide bonds. The Labute approximate surface area is 133 Å². The Morgan fingerprint density at radius 2 is 1.82 bits per heavy atom. The molecule has 2 rings (SSSR count). The van der Waals surface area contributed by atoms with Crippen molar-refractivity contribution in [3.05, 3.63) is 35.4 Å². The highest BCUT2D eigenvalue weighted by atomic mass is 32.2. The summed E-state index contributed by atoms with van der Waals surface area (Å²) in [4.78, 5) is 14.1. The van der Waals surface area contributed by atoms with E-state index in [1.54, 1.807) is 4.90 Å². The molecular weight excluding hydrogens is 300 g/mol. The molecule has 1 fully saturated rings. The summed E-state index contributed by atoms with van der Waals surface area (Å²) in [6.45, 7) is 3.59. The molecule has 1 aromatic rings. The molecule has 0 N–H and O–H groups in total. The number of hydrogen-bond acceptors (Lipinski definition) is 3. The molecule has 5 nitrogen and oxygen atoms in total.